The molecule has 0 aliphatic rings. The average molecular weight is 337 g/mol. The molecule has 1 N–H and O–H groups in total. The lowest BCUT2D eigenvalue weighted by atomic mass is 10.2. The maximum atomic E-state index is 6.07. The number of anilines is 1. The van der Waals surface area contributed by atoms with Crippen LogP contribution in [-0.2, 0) is 4.74 Å². The number of nitrogens with one attached hydrogen (secondary N) is 1. The molecule has 1 atom stereocenters. The van der Waals surface area contributed by atoms with Gasteiger partial charge in [0.05, 0.1) is 23.4 Å². The van der Waals surface area contributed by atoms with Gasteiger partial charge < -0.3 is 14.8 Å². The summed E-state index contributed by atoms with van der Waals surface area (Å²) >= 11 is 9.54. The number of benzene rings is 1. The molecule has 0 radical (unpaired) electrons. The average Bonchev–Trinajstić information content (AvgIpc) is 2.32. The fourth-order valence-corrected chi connectivity index (χ4v) is 2.57. The Labute approximate surface area is 122 Å². The molecule has 0 aliphatic carbocycles. The summed E-state index contributed by atoms with van der Waals surface area (Å²) < 4.78 is 11.7. The van der Waals surface area contributed by atoms with Crippen molar-refractivity contribution in [1.29, 1.82) is 0 Å². The second kappa shape index (κ2) is 7.87. The minimum atomic E-state index is 0.236. The van der Waals surface area contributed by atoms with Crippen molar-refractivity contribution in [1.82, 2.24) is 0 Å². The van der Waals surface area contributed by atoms with E-state index in [1.54, 1.807) is 7.11 Å². The molecule has 0 saturated carbocycles. The second-order valence-corrected chi connectivity index (χ2v) is 5.19. The lowest BCUT2D eigenvalue weighted by Gasteiger charge is -2.20. The Hall–Kier alpha value is -0.450. The van der Waals surface area contributed by atoms with Crippen LogP contribution in [0.2, 0.25) is 5.02 Å². The molecule has 0 saturated heterocycles. The molecule has 0 fully saturated rings. The van der Waals surface area contributed by atoms with Crippen LogP contribution in [0.3, 0.4) is 0 Å². The summed E-state index contributed by atoms with van der Waals surface area (Å²) in [4.78, 5) is 0. The van der Waals surface area contributed by atoms with Crippen LogP contribution in [0.1, 0.15) is 20.3 Å². The van der Waals surface area contributed by atoms with E-state index in [1.165, 1.54) is 0 Å². The highest BCUT2D eigenvalue weighted by atomic mass is 79.9. The predicted molar refractivity (Wildman–Crippen MR) is 79.9 cm³/mol. The molecule has 18 heavy (non-hydrogen) atoms. The molecule has 1 aromatic rings. The van der Waals surface area contributed by atoms with Gasteiger partial charge in [0.15, 0.2) is 5.75 Å². The Morgan fingerprint density at radius 3 is 2.67 bits per heavy atom. The van der Waals surface area contributed by atoms with Crippen molar-refractivity contribution < 1.29 is 9.47 Å². The molecule has 1 rings (SSSR count). The minimum Gasteiger partial charge on any atom is -0.491 e. The van der Waals surface area contributed by atoms with Gasteiger partial charge in [0.2, 0.25) is 0 Å². The van der Waals surface area contributed by atoms with Crippen LogP contribution in [0.4, 0.5) is 5.69 Å². The van der Waals surface area contributed by atoms with E-state index < -0.39 is 0 Å². The predicted octanol–water partition coefficient (Wildman–Crippen LogP) is 4.34. The van der Waals surface area contributed by atoms with Gasteiger partial charge in [-0.25, -0.2) is 0 Å². The van der Waals surface area contributed by atoms with Gasteiger partial charge >= 0.3 is 0 Å². The maximum Gasteiger partial charge on any atom is 0.156 e. The zero-order valence-corrected chi connectivity index (χ0v) is 13.3. The van der Waals surface area contributed by atoms with Gasteiger partial charge in [0.25, 0.3) is 0 Å². The maximum absolute atomic E-state index is 6.07. The molecule has 1 unspecified atom stereocenters. The van der Waals surface area contributed by atoms with Crippen LogP contribution in [-0.4, -0.2) is 26.4 Å². The topological polar surface area (TPSA) is 30.5 Å². The van der Waals surface area contributed by atoms with Crippen molar-refractivity contribution in [3.63, 3.8) is 0 Å². The molecule has 1 aromatic carbocycles. The molecular weight excluding hydrogens is 318 g/mol. The van der Waals surface area contributed by atoms with Crippen molar-refractivity contribution in [2.75, 3.05) is 25.6 Å². The Morgan fingerprint density at radius 2 is 2.11 bits per heavy atom. The fourth-order valence-electron chi connectivity index (χ4n) is 1.64. The first-order valence-electron chi connectivity index (χ1n) is 5.99. The van der Waals surface area contributed by atoms with Gasteiger partial charge in [-0.2, -0.15) is 0 Å². The highest BCUT2D eigenvalue weighted by Crippen LogP contribution is 2.37. The van der Waals surface area contributed by atoms with Crippen LogP contribution >= 0.6 is 27.5 Å². The number of hydrogen-bond donors (Lipinski definition) is 1. The number of hydrogen-bond acceptors (Lipinski definition) is 3. The zero-order valence-electron chi connectivity index (χ0n) is 10.9. The van der Waals surface area contributed by atoms with Gasteiger partial charge in [0.1, 0.15) is 0 Å². The van der Waals surface area contributed by atoms with E-state index >= 15 is 0 Å². The lowest BCUT2D eigenvalue weighted by molar-refractivity contribution is 0.184. The lowest BCUT2D eigenvalue weighted by Crippen LogP contribution is -2.24. The highest BCUT2D eigenvalue weighted by molar-refractivity contribution is 9.10. The third kappa shape index (κ3) is 4.34. The quantitative estimate of drug-likeness (QED) is 0.803. The molecule has 0 aromatic heterocycles. The Bertz CT molecular complexity index is 387. The van der Waals surface area contributed by atoms with Crippen molar-refractivity contribution in [2.24, 2.45) is 0 Å². The van der Waals surface area contributed by atoms with Gasteiger partial charge in [0, 0.05) is 18.2 Å². The molecule has 0 heterocycles. The summed E-state index contributed by atoms with van der Waals surface area (Å²) in [6.07, 6.45) is 0.962. The Balaban J connectivity index is 2.97. The first kappa shape index (κ1) is 15.6. The van der Waals surface area contributed by atoms with E-state index in [-0.39, 0.29) is 6.04 Å². The normalized spacial score (nSPS) is 12.3. The first-order chi connectivity index (χ1) is 8.62. The first-order valence-corrected chi connectivity index (χ1v) is 7.16. The van der Waals surface area contributed by atoms with E-state index in [9.17, 15) is 0 Å². The summed E-state index contributed by atoms with van der Waals surface area (Å²) in [5, 5.41) is 4.07. The summed E-state index contributed by atoms with van der Waals surface area (Å²) in [5.74, 6) is 0.788. The smallest absolute Gasteiger partial charge is 0.156 e. The zero-order chi connectivity index (χ0) is 13.5. The van der Waals surface area contributed by atoms with Crippen molar-refractivity contribution >= 4 is 33.2 Å². The van der Waals surface area contributed by atoms with E-state index in [0.717, 1.165) is 22.3 Å². The van der Waals surface area contributed by atoms with Crippen LogP contribution in [0, 0.1) is 0 Å². The summed E-state index contributed by atoms with van der Waals surface area (Å²) in [6.45, 7) is 5.32. The molecule has 0 spiro atoms. The minimum absolute atomic E-state index is 0.236. The van der Waals surface area contributed by atoms with Crippen molar-refractivity contribution in [3.05, 3.63) is 21.6 Å². The van der Waals surface area contributed by atoms with Crippen LogP contribution in [0.5, 0.6) is 5.75 Å². The third-order valence-electron chi connectivity index (χ3n) is 2.52. The summed E-state index contributed by atoms with van der Waals surface area (Å²) in [7, 11) is 1.70. The molecule has 5 heteroatoms. The van der Waals surface area contributed by atoms with E-state index in [2.05, 4.69) is 28.2 Å². The van der Waals surface area contributed by atoms with E-state index in [1.807, 2.05) is 19.1 Å². The van der Waals surface area contributed by atoms with Gasteiger partial charge in [-0.3, -0.25) is 0 Å². The SMILES string of the molecule is CCOc1c(Br)cc(Cl)cc1NC(CC)COC. The van der Waals surface area contributed by atoms with E-state index in [4.69, 9.17) is 21.1 Å². The largest absolute Gasteiger partial charge is 0.491 e. The second-order valence-electron chi connectivity index (χ2n) is 3.90. The number of halogens is 2. The van der Waals surface area contributed by atoms with Crippen molar-refractivity contribution in [2.45, 2.75) is 26.3 Å². The molecule has 3 nitrogen and oxygen atoms in total. The standard InChI is InChI=1S/C13H19BrClNO2/c1-4-10(8-17-3)16-12-7-9(15)6-11(14)13(12)18-5-2/h6-7,10,16H,4-5,8H2,1-3H3. The van der Waals surface area contributed by atoms with Crippen LogP contribution in [0.25, 0.3) is 0 Å². The number of ether oxygens (including phenoxy) is 2. The number of methoxy groups -OCH3 is 1. The van der Waals surface area contributed by atoms with Gasteiger partial charge in [-0.15, -0.1) is 0 Å². The molecule has 0 bridgehead atoms. The summed E-state index contributed by atoms with van der Waals surface area (Å²) in [6, 6.07) is 3.93. The van der Waals surface area contributed by atoms with Crippen LogP contribution < -0.4 is 10.1 Å². The Kier molecular flexibility index (Phi) is 6.82. The summed E-state index contributed by atoms with van der Waals surface area (Å²) in [5.41, 5.74) is 0.889. The van der Waals surface area contributed by atoms with Gasteiger partial charge in [-0.1, -0.05) is 18.5 Å². The monoisotopic (exact) mass is 335 g/mol. The van der Waals surface area contributed by atoms with Crippen LogP contribution in [0.15, 0.2) is 16.6 Å². The third-order valence-corrected chi connectivity index (χ3v) is 3.32. The highest BCUT2D eigenvalue weighted by Gasteiger charge is 2.13. The molecule has 0 aliphatic heterocycles. The van der Waals surface area contributed by atoms with Crippen molar-refractivity contribution in [3.8, 4) is 5.75 Å². The Morgan fingerprint density at radius 1 is 1.39 bits per heavy atom. The fraction of sp³-hybridized carbons (Fsp3) is 0.538. The molecule has 0 amide bonds. The van der Waals surface area contributed by atoms with E-state index in [0.29, 0.717) is 18.2 Å². The molecule has 102 valence electrons. The van der Waals surface area contributed by atoms with Gasteiger partial charge in [-0.05, 0) is 41.4 Å². The number of rotatable bonds is 7. The molecular formula is C13H19BrClNO2.